The standard InChI is InChI=1S/C75H43F6N9/c76-74(77,78)54-38-53(39-55(43-54)75(79,80)81)50-30-34-64(89-62-27-15-13-25-56(62)60-41-51(31-35-65(60)89)72-85-68(46-17-5-1-6-18-46)83-69(86-72)47-19-7-2-8-20-47)59(40-50)58-33-29-45(44-82)37-67(58)90-63-28-16-14-26-57(63)61-42-52(32-36-66(61)90)73-87-70(48-21-9-3-10-22-48)84-71(88-73)49-23-11-4-12-24-49/h1-43H. The molecular formula is C75H43F6N9. The Hall–Kier alpha value is -11.9. The Morgan fingerprint density at radius 3 is 1.06 bits per heavy atom. The normalized spacial score (nSPS) is 11.9. The second-order valence-electron chi connectivity index (χ2n) is 21.6. The van der Waals surface area contributed by atoms with E-state index in [0.717, 1.165) is 78.0 Å². The second-order valence-corrected chi connectivity index (χ2v) is 21.6. The Morgan fingerprint density at radius 1 is 0.278 bits per heavy atom. The predicted octanol–water partition coefficient (Wildman–Crippen LogP) is 19.5. The minimum Gasteiger partial charge on any atom is -0.309 e. The average molecular weight is 1180 g/mol. The van der Waals surface area contributed by atoms with Gasteiger partial charge in [0.05, 0.1) is 56.2 Å². The fourth-order valence-corrected chi connectivity index (χ4v) is 11.9. The van der Waals surface area contributed by atoms with Gasteiger partial charge in [0.1, 0.15) is 0 Å². The number of nitrogens with zero attached hydrogens (tertiary/aromatic N) is 9. The first-order valence-electron chi connectivity index (χ1n) is 28.6. The first-order valence-corrected chi connectivity index (χ1v) is 28.6. The highest BCUT2D eigenvalue weighted by molar-refractivity contribution is 6.13. The van der Waals surface area contributed by atoms with E-state index in [2.05, 4.69) is 6.07 Å². The summed E-state index contributed by atoms with van der Waals surface area (Å²) in [6, 6.07) is 80.0. The number of hydrogen-bond donors (Lipinski definition) is 0. The fourth-order valence-electron chi connectivity index (χ4n) is 11.9. The number of aromatic nitrogens is 8. The molecule has 0 aliphatic heterocycles. The zero-order chi connectivity index (χ0) is 61.3. The molecule has 0 amide bonds. The third-order valence-electron chi connectivity index (χ3n) is 16.1. The van der Waals surface area contributed by atoms with Crippen LogP contribution in [0.5, 0.6) is 0 Å². The molecule has 0 atom stereocenters. The van der Waals surface area contributed by atoms with Crippen LogP contribution < -0.4 is 0 Å². The molecule has 0 N–H and O–H groups in total. The van der Waals surface area contributed by atoms with Gasteiger partial charge in [0.15, 0.2) is 34.9 Å². The Labute approximate surface area is 509 Å². The minimum atomic E-state index is -5.11. The molecule has 15 heteroatoms. The molecule has 0 saturated carbocycles. The minimum absolute atomic E-state index is 0.0796. The molecule has 4 heterocycles. The molecule has 0 aliphatic rings. The van der Waals surface area contributed by atoms with Crippen molar-refractivity contribution in [3.63, 3.8) is 0 Å². The van der Waals surface area contributed by atoms with Crippen LogP contribution in [-0.4, -0.2) is 39.0 Å². The van der Waals surface area contributed by atoms with Crippen LogP contribution in [0.4, 0.5) is 26.3 Å². The van der Waals surface area contributed by atoms with E-state index in [1.807, 2.05) is 215 Å². The van der Waals surface area contributed by atoms with E-state index in [9.17, 15) is 31.6 Å². The maximum absolute atomic E-state index is 14.7. The van der Waals surface area contributed by atoms with Gasteiger partial charge in [-0.3, -0.25) is 0 Å². The highest BCUT2D eigenvalue weighted by Gasteiger charge is 2.37. The van der Waals surface area contributed by atoms with Gasteiger partial charge in [0.25, 0.3) is 0 Å². The van der Waals surface area contributed by atoms with Crippen LogP contribution in [0, 0.1) is 11.3 Å². The van der Waals surface area contributed by atoms with E-state index in [4.69, 9.17) is 29.9 Å². The van der Waals surface area contributed by atoms with Gasteiger partial charge in [0.2, 0.25) is 0 Å². The molecule has 9 nitrogen and oxygen atoms in total. The van der Waals surface area contributed by atoms with Crippen LogP contribution >= 0.6 is 0 Å². The average Bonchev–Trinajstić information content (AvgIpc) is 1.55. The maximum Gasteiger partial charge on any atom is 0.416 e. The molecule has 0 fully saturated rings. The quantitative estimate of drug-likeness (QED) is 0.125. The lowest BCUT2D eigenvalue weighted by Gasteiger charge is -2.21. The van der Waals surface area contributed by atoms with E-state index in [0.29, 0.717) is 74.1 Å². The van der Waals surface area contributed by atoms with Crippen LogP contribution in [0.3, 0.4) is 0 Å². The van der Waals surface area contributed by atoms with Crippen molar-refractivity contribution in [1.82, 2.24) is 39.0 Å². The molecule has 0 radical (unpaired) electrons. The summed E-state index contributed by atoms with van der Waals surface area (Å²) >= 11 is 0. The van der Waals surface area contributed by atoms with Gasteiger partial charge in [-0.25, -0.2) is 29.9 Å². The van der Waals surface area contributed by atoms with Crippen molar-refractivity contribution in [2.45, 2.75) is 12.4 Å². The fraction of sp³-hybridized carbons (Fsp3) is 0.0267. The Balaban J connectivity index is 0.966. The molecular weight excluding hydrogens is 1140 g/mol. The van der Waals surface area contributed by atoms with Gasteiger partial charge in [0, 0.05) is 66.1 Å². The lowest BCUT2D eigenvalue weighted by molar-refractivity contribution is -0.143. The zero-order valence-corrected chi connectivity index (χ0v) is 47.1. The van der Waals surface area contributed by atoms with Crippen LogP contribution in [0.25, 0.3) is 146 Å². The summed E-state index contributed by atoms with van der Waals surface area (Å²) in [6.45, 7) is 0. The molecule has 15 aromatic rings. The summed E-state index contributed by atoms with van der Waals surface area (Å²) in [5, 5.41) is 14.0. The van der Waals surface area contributed by atoms with Crippen LogP contribution in [0.2, 0.25) is 0 Å². The zero-order valence-electron chi connectivity index (χ0n) is 47.1. The van der Waals surface area contributed by atoms with Gasteiger partial charge in [-0.05, 0) is 102 Å². The van der Waals surface area contributed by atoms with Gasteiger partial charge in [-0.2, -0.15) is 31.6 Å². The predicted molar refractivity (Wildman–Crippen MR) is 340 cm³/mol. The summed E-state index contributed by atoms with van der Waals surface area (Å²) in [5.41, 5.74) is 6.66. The molecule has 90 heavy (non-hydrogen) atoms. The monoisotopic (exact) mass is 1180 g/mol. The lowest BCUT2D eigenvalue weighted by Crippen LogP contribution is -2.11. The number of nitriles is 1. The molecule has 0 unspecified atom stereocenters. The Kier molecular flexibility index (Phi) is 13.3. The van der Waals surface area contributed by atoms with Crippen molar-refractivity contribution in [3.05, 3.63) is 278 Å². The summed E-state index contributed by atoms with van der Waals surface area (Å²) in [4.78, 5) is 29.9. The molecule has 430 valence electrons. The number of hydrogen-bond acceptors (Lipinski definition) is 7. The van der Waals surface area contributed by atoms with Crippen molar-refractivity contribution in [3.8, 4) is 108 Å². The van der Waals surface area contributed by atoms with Crippen molar-refractivity contribution >= 4 is 43.6 Å². The molecule has 4 aromatic heterocycles. The molecule has 0 saturated heterocycles. The number of alkyl halides is 6. The smallest absolute Gasteiger partial charge is 0.309 e. The highest BCUT2D eigenvalue weighted by atomic mass is 19.4. The third kappa shape index (κ3) is 9.91. The molecule has 15 rings (SSSR count). The number of benzene rings is 11. The van der Waals surface area contributed by atoms with Gasteiger partial charge in [-0.15, -0.1) is 0 Å². The lowest BCUT2D eigenvalue weighted by atomic mass is 9.93. The van der Waals surface area contributed by atoms with Gasteiger partial charge < -0.3 is 9.13 Å². The number of rotatable bonds is 10. The van der Waals surface area contributed by atoms with Crippen molar-refractivity contribution in [2.75, 3.05) is 0 Å². The van der Waals surface area contributed by atoms with E-state index in [-0.39, 0.29) is 17.2 Å². The van der Waals surface area contributed by atoms with Crippen molar-refractivity contribution in [1.29, 1.82) is 5.26 Å². The molecule has 11 aromatic carbocycles. The number of para-hydroxylation sites is 2. The Morgan fingerprint density at radius 2 is 0.644 bits per heavy atom. The van der Waals surface area contributed by atoms with Gasteiger partial charge in [-0.1, -0.05) is 170 Å². The highest BCUT2D eigenvalue weighted by Crippen LogP contribution is 2.46. The largest absolute Gasteiger partial charge is 0.416 e. The number of fused-ring (bicyclic) bond motifs is 6. The van der Waals surface area contributed by atoms with E-state index in [1.54, 1.807) is 36.4 Å². The maximum atomic E-state index is 14.7. The summed E-state index contributed by atoms with van der Waals surface area (Å²) in [5.74, 6) is 2.79. The summed E-state index contributed by atoms with van der Waals surface area (Å²) in [6.07, 6.45) is -10.2. The van der Waals surface area contributed by atoms with Crippen molar-refractivity contribution < 1.29 is 26.3 Å². The summed E-state index contributed by atoms with van der Waals surface area (Å²) < 4.78 is 92.2. The van der Waals surface area contributed by atoms with E-state index >= 15 is 0 Å². The molecule has 0 aliphatic carbocycles. The third-order valence-corrected chi connectivity index (χ3v) is 16.1. The molecule has 0 spiro atoms. The SMILES string of the molecule is N#Cc1ccc(-c2cc(-c3cc(C(F)(F)F)cc(C(F)(F)F)c3)ccc2-n2c3ccccc3c3cc(-c4nc(-c5ccccc5)nc(-c5ccccc5)n4)ccc32)c(-n2c3ccccc3c3cc(-c4nc(-c5ccccc5)nc(-c5ccccc5)n4)ccc32)c1. The van der Waals surface area contributed by atoms with Crippen LogP contribution in [0.15, 0.2) is 261 Å². The van der Waals surface area contributed by atoms with Gasteiger partial charge >= 0.3 is 12.4 Å². The second kappa shape index (κ2) is 21.8. The first-order chi connectivity index (χ1) is 43.8. The van der Waals surface area contributed by atoms with Crippen molar-refractivity contribution in [2.24, 2.45) is 0 Å². The molecule has 0 bridgehead atoms. The van der Waals surface area contributed by atoms with E-state index < -0.39 is 23.5 Å². The van der Waals surface area contributed by atoms with Crippen LogP contribution in [0.1, 0.15) is 16.7 Å². The summed E-state index contributed by atoms with van der Waals surface area (Å²) in [7, 11) is 0. The first kappa shape index (κ1) is 54.7. The topological polar surface area (TPSA) is 111 Å². The van der Waals surface area contributed by atoms with Crippen LogP contribution in [-0.2, 0) is 12.4 Å². The Bertz CT molecular complexity index is 5200. The van der Waals surface area contributed by atoms with E-state index in [1.165, 1.54) is 0 Å². The number of halogens is 6.